The lowest BCUT2D eigenvalue weighted by Crippen LogP contribution is -2.37. The third-order valence-corrected chi connectivity index (χ3v) is 7.20. The fourth-order valence-electron chi connectivity index (χ4n) is 5.06. The van der Waals surface area contributed by atoms with Gasteiger partial charge in [-0.25, -0.2) is 0 Å². The Morgan fingerprint density at radius 3 is 2.54 bits per heavy atom. The lowest BCUT2D eigenvalue weighted by Gasteiger charge is -2.28. The number of H-pyrrole nitrogens is 2. The van der Waals surface area contributed by atoms with Crippen molar-refractivity contribution < 1.29 is 4.79 Å². The molecule has 7 nitrogen and oxygen atoms in total. The van der Waals surface area contributed by atoms with E-state index in [0.29, 0.717) is 24.3 Å². The van der Waals surface area contributed by atoms with E-state index in [0.717, 1.165) is 53.6 Å². The zero-order valence-corrected chi connectivity index (χ0v) is 19.7. The molecule has 0 aliphatic heterocycles. The summed E-state index contributed by atoms with van der Waals surface area (Å²) in [5.74, 6) is 0.637. The number of hydrogen-bond acceptors (Lipinski definition) is 4. The first kappa shape index (κ1) is 23.1. The molecule has 2 aromatic carbocycles. The van der Waals surface area contributed by atoms with Crippen molar-refractivity contribution in [3.63, 3.8) is 0 Å². The van der Waals surface area contributed by atoms with Crippen LogP contribution in [0.5, 0.6) is 0 Å². The van der Waals surface area contributed by atoms with Crippen LogP contribution in [-0.4, -0.2) is 27.6 Å². The van der Waals surface area contributed by atoms with Gasteiger partial charge in [0.25, 0.3) is 5.56 Å². The fraction of sp³-hybridized carbons (Fsp3) is 0.321. The molecule has 2 heterocycles. The van der Waals surface area contributed by atoms with Crippen molar-refractivity contribution in [2.45, 2.75) is 38.1 Å². The standard InChI is InChI=1S/C28H31N5O2/c29-17-19-6-8-20(9-7-19)27(34)31-26(14-18-4-2-1-3-5-18)25-16-22(12-13-30-25)21-10-11-24-23(15-21)28(35)33-32-24/h1-5,10-13,15-16,19-20,26H,6-9,14,17,29H2,(H,31,34)(H2,32,33,35). The van der Waals surface area contributed by atoms with Crippen LogP contribution in [0, 0.1) is 11.8 Å². The summed E-state index contributed by atoms with van der Waals surface area (Å²) >= 11 is 0. The highest BCUT2D eigenvalue weighted by Gasteiger charge is 2.28. The highest BCUT2D eigenvalue weighted by Crippen LogP contribution is 2.30. The van der Waals surface area contributed by atoms with Crippen molar-refractivity contribution in [1.29, 1.82) is 0 Å². The molecule has 7 heteroatoms. The zero-order valence-electron chi connectivity index (χ0n) is 19.7. The van der Waals surface area contributed by atoms with Crippen LogP contribution in [0.25, 0.3) is 22.0 Å². The van der Waals surface area contributed by atoms with Gasteiger partial charge in [0.05, 0.1) is 22.6 Å². The van der Waals surface area contributed by atoms with E-state index in [-0.39, 0.29) is 23.4 Å². The van der Waals surface area contributed by atoms with E-state index in [1.807, 2.05) is 48.5 Å². The number of pyridine rings is 1. The molecule has 1 aliphatic rings. The van der Waals surface area contributed by atoms with Gasteiger partial charge in [0.2, 0.25) is 5.91 Å². The van der Waals surface area contributed by atoms with Gasteiger partial charge in [-0.3, -0.25) is 24.8 Å². The quantitative estimate of drug-likeness (QED) is 0.326. The van der Waals surface area contributed by atoms with E-state index in [2.05, 4.69) is 32.6 Å². The predicted molar refractivity (Wildman–Crippen MR) is 138 cm³/mol. The lowest BCUT2D eigenvalue weighted by atomic mass is 9.81. The molecule has 0 spiro atoms. The third-order valence-electron chi connectivity index (χ3n) is 7.20. The number of benzene rings is 2. The number of carbonyl (C=O) groups is 1. The summed E-state index contributed by atoms with van der Waals surface area (Å²) in [7, 11) is 0. The molecule has 1 amide bonds. The Hall–Kier alpha value is -3.71. The van der Waals surface area contributed by atoms with Crippen LogP contribution in [0.15, 0.2) is 71.7 Å². The molecule has 0 radical (unpaired) electrons. The second-order valence-electron chi connectivity index (χ2n) is 9.51. The zero-order chi connectivity index (χ0) is 24.2. The van der Waals surface area contributed by atoms with Gasteiger partial charge in [-0.2, -0.15) is 0 Å². The number of aromatic nitrogens is 3. The van der Waals surface area contributed by atoms with Crippen molar-refractivity contribution in [3.05, 3.63) is 88.5 Å². The number of hydrogen-bond donors (Lipinski definition) is 4. The monoisotopic (exact) mass is 469 g/mol. The van der Waals surface area contributed by atoms with E-state index in [9.17, 15) is 9.59 Å². The van der Waals surface area contributed by atoms with Crippen LogP contribution >= 0.6 is 0 Å². The topological polar surface area (TPSA) is 117 Å². The first-order chi connectivity index (χ1) is 17.1. The summed E-state index contributed by atoms with van der Waals surface area (Å²) in [5, 5.41) is 9.42. The minimum absolute atomic E-state index is 0.0157. The van der Waals surface area contributed by atoms with Gasteiger partial charge in [0.15, 0.2) is 0 Å². The summed E-state index contributed by atoms with van der Waals surface area (Å²) in [5.41, 5.74) is 10.3. The van der Waals surface area contributed by atoms with E-state index in [1.54, 1.807) is 6.20 Å². The van der Waals surface area contributed by atoms with Crippen LogP contribution in [-0.2, 0) is 11.2 Å². The molecule has 35 heavy (non-hydrogen) atoms. The van der Waals surface area contributed by atoms with E-state index in [1.165, 1.54) is 0 Å². The molecule has 1 saturated carbocycles. The van der Waals surface area contributed by atoms with Gasteiger partial charge in [-0.1, -0.05) is 36.4 Å². The van der Waals surface area contributed by atoms with Gasteiger partial charge in [-0.05, 0) is 85.5 Å². The van der Waals surface area contributed by atoms with Crippen molar-refractivity contribution in [3.8, 4) is 11.1 Å². The van der Waals surface area contributed by atoms with Crippen molar-refractivity contribution in [2.75, 3.05) is 6.54 Å². The summed E-state index contributed by atoms with van der Waals surface area (Å²) in [6.07, 6.45) is 6.19. The van der Waals surface area contributed by atoms with Crippen LogP contribution in [0.4, 0.5) is 0 Å². The smallest absolute Gasteiger partial charge is 0.271 e. The largest absolute Gasteiger partial charge is 0.347 e. The maximum atomic E-state index is 13.3. The maximum absolute atomic E-state index is 13.3. The Morgan fingerprint density at radius 1 is 1.00 bits per heavy atom. The molecule has 1 aliphatic carbocycles. The molecule has 1 fully saturated rings. The molecule has 4 aromatic rings. The number of rotatable bonds is 7. The number of aromatic amines is 2. The molecular weight excluding hydrogens is 438 g/mol. The van der Waals surface area contributed by atoms with E-state index < -0.39 is 0 Å². The second-order valence-corrected chi connectivity index (χ2v) is 9.51. The molecule has 5 N–H and O–H groups in total. The number of nitrogens with one attached hydrogen (secondary N) is 3. The highest BCUT2D eigenvalue weighted by atomic mass is 16.2. The maximum Gasteiger partial charge on any atom is 0.271 e. The SMILES string of the molecule is NCC1CCC(C(=O)NC(Cc2ccccc2)c2cc(-c3ccc4[nH][nH]c(=O)c4c3)ccn2)CC1. The Balaban J connectivity index is 1.42. The number of amides is 1. The van der Waals surface area contributed by atoms with Gasteiger partial charge < -0.3 is 11.1 Å². The number of nitrogens with zero attached hydrogens (tertiary/aromatic N) is 1. The Labute approximate surface area is 204 Å². The molecule has 1 unspecified atom stereocenters. The highest BCUT2D eigenvalue weighted by molar-refractivity contribution is 5.84. The van der Waals surface area contributed by atoms with Gasteiger partial charge in [0.1, 0.15) is 0 Å². The van der Waals surface area contributed by atoms with Crippen molar-refractivity contribution in [1.82, 2.24) is 20.5 Å². The molecule has 0 bridgehead atoms. The summed E-state index contributed by atoms with van der Waals surface area (Å²) in [4.78, 5) is 30.0. The average Bonchev–Trinajstić information content (AvgIpc) is 3.29. The molecule has 180 valence electrons. The molecule has 5 rings (SSSR count). The number of carbonyl (C=O) groups excluding carboxylic acids is 1. The predicted octanol–water partition coefficient (Wildman–Crippen LogP) is 4.08. The summed E-state index contributed by atoms with van der Waals surface area (Å²) < 4.78 is 0. The van der Waals surface area contributed by atoms with Crippen LogP contribution in [0.1, 0.15) is 43.0 Å². The molecule has 1 atom stereocenters. The van der Waals surface area contributed by atoms with E-state index >= 15 is 0 Å². The van der Waals surface area contributed by atoms with Gasteiger partial charge in [-0.15, -0.1) is 0 Å². The lowest BCUT2D eigenvalue weighted by molar-refractivity contribution is -0.127. The van der Waals surface area contributed by atoms with Gasteiger partial charge in [0, 0.05) is 12.1 Å². The Morgan fingerprint density at radius 2 is 1.77 bits per heavy atom. The number of fused-ring (bicyclic) bond motifs is 1. The van der Waals surface area contributed by atoms with Crippen LogP contribution in [0.2, 0.25) is 0 Å². The minimum Gasteiger partial charge on any atom is -0.347 e. The third kappa shape index (κ3) is 5.20. The van der Waals surface area contributed by atoms with Crippen LogP contribution < -0.4 is 16.6 Å². The Bertz CT molecular complexity index is 1350. The average molecular weight is 470 g/mol. The first-order valence-electron chi connectivity index (χ1n) is 12.3. The van der Waals surface area contributed by atoms with E-state index in [4.69, 9.17) is 5.73 Å². The molecule has 2 aromatic heterocycles. The number of nitrogens with two attached hydrogens (primary N) is 1. The fourth-order valence-corrected chi connectivity index (χ4v) is 5.06. The summed E-state index contributed by atoms with van der Waals surface area (Å²) in [6, 6.07) is 19.6. The summed E-state index contributed by atoms with van der Waals surface area (Å²) in [6.45, 7) is 0.697. The van der Waals surface area contributed by atoms with Crippen molar-refractivity contribution >= 4 is 16.8 Å². The van der Waals surface area contributed by atoms with Gasteiger partial charge >= 0.3 is 0 Å². The second kappa shape index (κ2) is 10.3. The van der Waals surface area contributed by atoms with Crippen LogP contribution in [0.3, 0.4) is 0 Å². The molecule has 0 saturated heterocycles. The molecular formula is C28H31N5O2. The van der Waals surface area contributed by atoms with Crippen molar-refractivity contribution in [2.24, 2.45) is 17.6 Å². The Kier molecular flexibility index (Phi) is 6.77. The normalized spacial score (nSPS) is 18.9. The minimum atomic E-state index is -0.253. The first-order valence-corrected chi connectivity index (χ1v) is 12.3.